The molecule has 5 aromatic rings. The first-order valence-electron chi connectivity index (χ1n) is 11.0. The van der Waals surface area contributed by atoms with Crippen LogP contribution in [-0.2, 0) is 6.54 Å². The Bertz CT molecular complexity index is 1440. The Morgan fingerprint density at radius 3 is 2.61 bits per heavy atom. The maximum absolute atomic E-state index is 13.0. The summed E-state index contributed by atoms with van der Waals surface area (Å²) >= 11 is 0. The molecule has 0 spiro atoms. The van der Waals surface area contributed by atoms with E-state index < -0.39 is 0 Å². The van der Waals surface area contributed by atoms with Crippen LogP contribution < -0.4 is 0 Å². The molecule has 5 heteroatoms. The van der Waals surface area contributed by atoms with E-state index in [0.717, 1.165) is 28.4 Å². The molecular formula is C28H25N3O2. The van der Waals surface area contributed by atoms with Crippen molar-refractivity contribution in [3.8, 4) is 17.1 Å². The van der Waals surface area contributed by atoms with Gasteiger partial charge in [0.25, 0.3) is 0 Å². The lowest BCUT2D eigenvalue weighted by Crippen LogP contribution is -2.21. The van der Waals surface area contributed by atoms with Gasteiger partial charge in [-0.1, -0.05) is 54.6 Å². The molecule has 0 saturated carbocycles. The van der Waals surface area contributed by atoms with E-state index in [-0.39, 0.29) is 11.7 Å². The third-order valence-corrected chi connectivity index (χ3v) is 5.97. The first-order chi connectivity index (χ1) is 16.1. The van der Waals surface area contributed by atoms with Crippen molar-refractivity contribution in [3.63, 3.8) is 0 Å². The number of para-hydroxylation sites is 1. The lowest BCUT2D eigenvalue weighted by molar-refractivity contribution is 0.0968. The van der Waals surface area contributed by atoms with Gasteiger partial charge < -0.3 is 15.0 Å². The summed E-state index contributed by atoms with van der Waals surface area (Å²) in [5.74, 6) is 0.134. The smallest absolute Gasteiger partial charge is 0.199 e. The monoisotopic (exact) mass is 435 g/mol. The van der Waals surface area contributed by atoms with Crippen molar-refractivity contribution >= 4 is 27.6 Å². The maximum atomic E-state index is 13.0. The normalized spacial score (nSPS) is 11.5. The van der Waals surface area contributed by atoms with Gasteiger partial charge in [-0.15, -0.1) is 0 Å². The molecular weight excluding hydrogens is 410 g/mol. The van der Waals surface area contributed by atoms with Gasteiger partial charge >= 0.3 is 0 Å². The zero-order valence-corrected chi connectivity index (χ0v) is 18.5. The molecule has 0 aliphatic carbocycles. The highest BCUT2D eigenvalue weighted by molar-refractivity contribution is 6.05. The third kappa shape index (κ3) is 4.36. The highest BCUT2D eigenvalue weighted by Gasteiger charge is 2.17. The topological polar surface area (TPSA) is 69.2 Å². The molecule has 3 aromatic carbocycles. The number of aromatic hydroxyl groups is 1. The number of carbonyl (C=O) groups is 1. The quantitative estimate of drug-likeness (QED) is 0.317. The van der Waals surface area contributed by atoms with E-state index in [2.05, 4.69) is 22.0 Å². The molecule has 5 rings (SSSR count). The van der Waals surface area contributed by atoms with Crippen LogP contribution >= 0.6 is 0 Å². The van der Waals surface area contributed by atoms with Crippen molar-refractivity contribution in [2.45, 2.75) is 13.0 Å². The van der Waals surface area contributed by atoms with Gasteiger partial charge in [0, 0.05) is 41.4 Å². The van der Waals surface area contributed by atoms with Crippen LogP contribution in [0.1, 0.15) is 22.3 Å². The van der Waals surface area contributed by atoms with Gasteiger partial charge in [0.15, 0.2) is 11.7 Å². The molecule has 164 valence electrons. The first-order valence-corrected chi connectivity index (χ1v) is 11.0. The summed E-state index contributed by atoms with van der Waals surface area (Å²) in [5, 5.41) is 12.4. The number of hydrogen-bond acceptors (Lipinski definition) is 4. The summed E-state index contributed by atoms with van der Waals surface area (Å²) in [6.45, 7) is 1.47. The largest absolute Gasteiger partial charge is 0.494 e. The minimum Gasteiger partial charge on any atom is -0.494 e. The van der Waals surface area contributed by atoms with E-state index in [0.29, 0.717) is 29.8 Å². The van der Waals surface area contributed by atoms with Crippen LogP contribution in [0.3, 0.4) is 0 Å². The number of nitrogens with one attached hydrogen (secondary N) is 1. The molecule has 5 nitrogen and oxygen atoms in total. The minimum absolute atomic E-state index is 0.0555. The van der Waals surface area contributed by atoms with Gasteiger partial charge in [0.05, 0.1) is 16.8 Å². The molecule has 0 fully saturated rings. The Morgan fingerprint density at radius 2 is 1.76 bits per heavy atom. The van der Waals surface area contributed by atoms with Crippen LogP contribution in [0.5, 0.6) is 5.88 Å². The van der Waals surface area contributed by atoms with Crippen molar-refractivity contribution in [2.75, 3.05) is 13.6 Å². The number of nitrogens with zero attached hydrogens (tertiary/aromatic N) is 2. The number of pyridine rings is 1. The molecule has 0 aliphatic heterocycles. The Labute approximate surface area is 192 Å². The fraction of sp³-hybridized carbons (Fsp3) is 0.143. The zero-order valence-electron chi connectivity index (χ0n) is 18.5. The Kier molecular flexibility index (Phi) is 5.63. The number of H-pyrrole nitrogens is 1. The number of aromatic amines is 1. The summed E-state index contributed by atoms with van der Waals surface area (Å²) < 4.78 is 0. The van der Waals surface area contributed by atoms with Crippen LogP contribution in [0.4, 0.5) is 0 Å². The molecule has 0 aliphatic rings. The van der Waals surface area contributed by atoms with Crippen molar-refractivity contribution in [1.82, 2.24) is 14.9 Å². The minimum atomic E-state index is 0.0555. The van der Waals surface area contributed by atoms with E-state index in [1.54, 1.807) is 0 Å². The summed E-state index contributed by atoms with van der Waals surface area (Å²) in [4.78, 5) is 22.9. The van der Waals surface area contributed by atoms with Gasteiger partial charge in [0.1, 0.15) is 0 Å². The van der Waals surface area contributed by atoms with Gasteiger partial charge in [-0.3, -0.25) is 4.79 Å². The molecule has 2 aromatic heterocycles. The molecule has 33 heavy (non-hydrogen) atoms. The molecule has 0 saturated heterocycles. The van der Waals surface area contributed by atoms with Crippen molar-refractivity contribution in [1.29, 1.82) is 0 Å². The van der Waals surface area contributed by atoms with Crippen molar-refractivity contribution < 1.29 is 9.90 Å². The van der Waals surface area contributed by atoms with Gasteiger partial charge in [-0.2, -0.15) is 0 Å². The maximum Gasteiger partial charge on any atom is 0.199 e. The predicted octanol–water partition coefficient (Wildman–Crippen LogP) is 5.79. The molecule has 2 N–H and O–H groups in total. The van der Waals surface area contributed by atoms with E-state index in [1.807, 2.05) is 79.8 Å². The average Bonchev–Trinajstić information content (AvgIpc) is 3.17. The summed E-state index contributed by atoms with van der Waals surface area (Å²) in [5.41, 5.74) is 4.78. The summed E-state index contributed by atoms with van der Waals surface area (Å²) in [6, 6.07) is 27.5. The number of ketones is 1. The van der Waals surface area contributed by atoms with E-state index in [1.165, 1.54) is 5.56 Å². The van der Waals surface area contributed by atoms with Crippen molar-refractivity contribution in [3.05, 3.63) is 96.1 Å². The number of rotatable bonds is 7. The molecule has 0 bridgehead atoms. The number of hydrogen-bond donors (Lipinski definition) is 2. The van der Waals surface area contributed by atoms with Gasteiger partial charge in [-0.05, 0) is 42.9 Å². The van der Waals surface area contributed by atoms with Gasteiger partial charge in [0.2, 0.25) is 0 Å². The average molecular weight is 436 g/mol. The second-order valence-corrected chi connectivity index (χ2v) is 8.39. The molecule has 0 amide bonds. The summed E-state index contributed by atoms with van der Waals surface area (Å²) in [6.07, 6.45) is 0.425. The highest BCUT2D eigenvalue weighted by Crippen LogP contribution is 2.36. The molecule has 0 unspecified atom stereocenters. The SMILES string of the molecule is CN(CCC(=O)c1ccc2[nH]c(O)c(-c3ccc4ccccc4n3)c2c1)Cc1ccccc1. The lowest BCUT2D eigenvalue weighted by Gasteiger charge is -2.16. The van der Waals surface area contributed by atoms with E-state index in [9.17, 15) is 9.90 Å². The van der Waals surface area contributed by atoms with Crippen molar-refractivity contribution in [2.24, 2.45) is 0 Å². The second-order valence-electron chi connectivity index (χ2n) is 8.39. The first kappa shape index (κ1) is 20.9. The number of aromatic nitrogens is 2. The molecule has 0 radical (unpaired) electrons. The Morgan fingerprint density at radius 1 is 0.970 bits per heavy atom. The Balaban J connectivity index is 1.39. The number of benzene rings is 3. The lowest BCUT2D eigenvalue weighted by atomic mass is 10.0. The molecule has 2 heterocycles. The number of carbonyl (C=O) groups excluding carboxylic acids is 1. The molecule has 0 atom stereocenters. The van der Waals surface area contributed by atoms with Crippen LogP contribution in [0.25, 0.3) is 33.1 Å². The Hall–Kier alpha value is -3.96. The fourth-order valence-electron chi connectivity index (χ4n) is 4.23. The zero-order chi connectivity index (χ0) is 22.8. The van der Waals surface area contributed by atoms with Crippen LogP contribution in [0, 0.1) is 0 Å². The third-order valence-electron chi connectivity index (χ3n) is 5.97. The van der Waals surface area contributed by atoms with E-state index >= 15 is 0 Å². The van der Waals surface area contributed by atoms with Crippen LogP contribution in [0.2, 0.25) is 0 Å². The van der Waals surface area contributed by atoms with Crippen LogP contribution in [0.15, 0.2) is 84.9 Å². The number of Topliss-reactive ketones (excluding diaryl/α,β-unsaturated/α-hetero) is 1. The fourth-order valence-corrected chi connectivity index (χ4v) is 4.23. The summed E-state index contributed by atoms with van der Waals surface area (Å²) in [7, 11) is 2.02. The highest BCUT2D eigenvalue weighted by atomic mass is 16.3. The van der Waals surface area contributed by atoms with Crippen LogP contribution in [-0.4, -0.2) is 39.4 Å². The predicted molar refractivity (Wildman–Crippen MR) is 132 cm³/mol. The second kappa shape index (κ2) is 8.88. The standard InChI is InChI=1S/C28H25N3O2/c1-31(18-19-7-3-2-4-8-19)16-15-26(32)21-12-13-24-22(17-21)27(28(33)30-24)25-14-11-20-9-5-6-10-23(20)29-25/h2-14,17,30,33H,15-16,18H2,1H3. The number of fused-ring (bicyclic) bond motifs is 2. The van der Waals surface area contributed by atoms with E-state index in [4.69, 9.17) is 4.98 Å². The van der Waals surface area contributed by atoms with Gasteiger partial charge in [-0.25, -0.2) is 4.98 Å².